The summed E-state index contributed by atoms with van der Waals surface area (Å²) in [7, 11) is 0. The quantitative estimate of drug-likeness (QED) is 0.0712. The van der Waals surface area contributed by atoms with Crippen molar-refractivity contribution < 1.29 is 58.2 Å². The van der Waals surface area contributed by atoms with Crippen LogP contribution in [0.3, 0.4) is 0 Å². The zero-order valence-corrected chi connectivity index (χ0v) is 35.0. The van der Waals surface area contributed by atoms with Crippen molar-refractivity contribution in [2.45, 2.75) is 113 Å². The minimum Gasteiger partial charge on any atom is -0.382 e. The van der Waals surface area contributed by atoms with E-state index in [0.29, 0.717) is 5.82 Å². The molecule has 2 N–H and O–H groups in total. The van der Waals surface area contributed by atoms with E-state index in [4.69, 9.17) is 10.7 Å². The molecule has 2 heterocycles. The van der Waals surface area contributed by atoms with Gasteiger partial charge >= 0.3 is 58.2 Å². The normalized spacial score (nSPS) is 10.3. The molecular formula is C40H60N3Rb-2. The third-order valence-electron chi connectivity index (χ3n) is 7.26. The standard InChI is InChI=1S/C34H42N3.2C2H6.2CH3.Rb/c1-5-6-7-8-12-27-16-19-30-31-21-28(23-36-33(31)34(35)37-32(30)22-27)15-18-29-17-14-26(20-25(29)4)13-10-9-11-24(2)3;2*1-2;;;/h6-7,14,16-17,19-23H,5,8-13,15,18H2,1-4H3,(H2,35,37);2*1-2H3;2*1H3;/q-1;;;2*-1;+1. The Morgan fingerprint density at radius 3 is 2.11 bits per heavy atom. The Morgan fingerprint density at radius 2 is 1.45 bits per heavy atom. The molecule has 4 rings (SSSR count). The van der Waals surface area contributed by atoms with Crippen molar-refractivity contribution in [3.8, 4) is 0 Å². The van der Waals surface area contributed by atoms with E-state index in [1.165, 1.54) is 59.4 Å². The molecule has 3 nitrogen and oxygen atoms in total. The minimum atomic E-state index is 0. The molecule has 4 heteroatoms. The van der Waals surface area contributed by atoms with Crippen molar-refractivity contribution in [3.05, 3.63) is 109 Å². The molecule has 0 atom stereocenters. The molecule has 0 aliphatic rings. The number of benzene rings is 2. The molecule has 4 aromatic rings. The van der Waals surface area contributed by atoms with Crippen LogP contribution in [0.2, 0.25) is 0 Å². The molecule has 2 aromatic carbocycles. The van der Waals surface area contributed by atoms with Gasteiger partial charge in [-0.3, -0.25) is 4.98 Å². The number of anilines is 1. The van der Waals surface area contributed by atoms with Crippen molar-refractivity contribution >= 4 is 27.6 Å². The molecule has 0 spiro atoms. The second-order valence-corrected chi connectivity index (χ2v) is 10.7. The monoisotopic (exact) mass is 667 g/mol. The molecule has 238 valence electrons. The van der Waals surface area contributed by atoms with Crippen molar-refractivity contribution in [1.29, 1.82) is 0 Å². The van der Waals surface area contributed by atoms with Gasteiger partial charge in [-0.25, -0.2) is 4.98 Å². The van der Waals surface area contributed by atoms with Gasteiger partial charge < -0.3 is 26.5 Å². The number of aromatic nitrogens is 2. The smallest absolute Gasteiger partial charge is 0.382 e. The van der Waals surface area contributed by atoms with Gasteiger partial charge in [0.25, 0.3) is 0 Å². The Hall–Kier alpha value is -1.39. The fourth-order valence-corrected chi connectivity index (χ4v) is 5.11. The topological polar surface area (TPSA) is 51.8 Å². The van der Waals surface area contributed by atoms with Gasteiger partial charge in [0.05, 0.1) is 5.52 Å². The third kappa shape index (κ3) is 13.9. The number of nitrogens with zero attached hydrogens (tertiary/aromatic N) is 2. The van der Waals surface area contributed by atoms with Gasteiger partial charge in [0, 0.05) is 17.0 Å². The average Bonchev–Trinajstić information content (AvgIpc) is 2.99. The van der Waals surface area contributed by atoms with Gasteiger partial charge in [0.2, 0.25) is 0 Å². The van der Waals surface area contributed by atoms with Crippen molar-refractivity contribution in [2.75, 3.05) is 5.73 Å². The predicted molar refractivity (Wildman–Crippen MR) is 195 cm³/mol. The minimum absolute atomic E-state index is 0. The Labute approximate surface area is 320 Å². The maximum Gasteiger partial charge on any atom is 1.00 e. The predicted octanol–water partition coefficient (Wildman–Crippen LogP) is 8.64. The summed E-state index contributed by atoms with van der Waals surface area (Å²) < 4.78 is 0. The van der Waals surface area contributed by atoms with Crippen molar-refractivity contribution in [2.24, 2.45) is 0 Å². The van der Waals surface area contributed by atoms with Crippen LogP contribution in [0, 0.1) is 27.7 Å². The Bertz CT molecular complexity index is 1370. The number of nitrogen functional groups attached to an aromatic ring is 1. The van der Waals surface area contributed by atoms with E-state index in [9.17, 15) is 0 Å². The number of hydrogen-bond donors (Lipinski definition) is 1. The molecule has 2 aromatic heterocycles. The maximum absolute atomic E-state index is 6.33. The summed E-state index contributed by atoms with van der Waals surface area (Å²) >= 11 is 0. The Morgan fingerprint density at radius 1 is 0.773 bits per heavy atom. The molecule has 0 unspecified atom stereocenters. The summed E-state index contributed by atoms with van der Waals surface area (Å²) in [6.07, 6.45) is 16.5. The Kier molecular flexibility index (Phi) is 25.2. The van der Waals surface area contributed by atoms with Gasteiger partial charge in [-0.2, -0.15) is 20.3 Å². The molecule has 44 heavy (non-hydrogen) atoms. The molecular weight excluding hydrogens is 608 g/mol. The summed E-state index contributed by atoms with van der Waals surface area (Å²) in [5.41, 5.74) is 14.9. The first kappa shape index (κ1) is 44.7. The number of pyridine rings is 2. The van der Waals surface area contributed by atoms with Gasteiger partial charge in [-0.05, 0) is 85.4 Å². The number of unbranched alkanes of at least 4 members (excludes halogenated alkanes) is 1. The molecule has 0 bridgehead atoms. The third-order valence-corrected chi connectivity index (χ3v) is 7.26. The zero-order chi connectivity index (χ0) is 30.2. The van der Waals surface area contributed by atoms with Crippen LogP contribution < -0.4 is 63.9 Å². The molecule has 0 aliphatic carbocycles. The number of aryl methyl sites for hydroxylation is 5. The fourth-order valence-electron chi connectivity index (χ4n) is 5.11. The van der Waals surface area contributed by atoms with E-state index in [2.05, 4.69) is 87.3 Å². The van der Waals surface area contributed by atoms with Crippen LogP contribution in [0.5, 0.6) is 0 Å². The summed E-state index contributed by atoms with van der Waals surface area (Å²) in [5.74, 6) is 2.04. The van der Waals surface area contributed by atoms with Gasteiger partial charge in [0.15, 0.2) is 5.82 Å². The number of fused-ring (bicyclic) bond motifs is 3. The van der Waals surface area contributed by atoms with E-state index in [-0.39, 0.29) is 73.0 Å². The van der Waals surface area contributed by atoms with E-state index in [1.54, 1.807) is 0 Å². The van der Waals surface area contributed by atoms with Gasteiger partial charge in [-0.1, -0.05) is 89.9 Å². The van der Waals surface area contributed by atoms with Crippen LogP contribution in [0.4, 0.5) is 5.82 Å². The van der Waals surface area contributed by atoms with Gasteiger partial charge in [-0.15, -0.1) is 0 Å². The SMILES string of the molecule is CC.CC.CCC=CCCc1ccc2c(c1)nc(N)c1ncc(CCc3ccc(CCCC[C-](C)C)cc3C)cc12.[CH3-].[CH3-].[Rb+]. The second-order valence-electron chi connectivity index (χ2n) is 10.7. The second kappa shape index (κ2) is 24.8. The van der Waals surface area contributed by atoms with Crippen molar-refractivity contribution in [3.63, 3.8) is 0 Å². The first-order chi connectivity index (χ1) is 19.9. The summed E-state index contributed by atoms with van der Waals surface area (Å²) in [5, 5.41) is 2.23. The van der Waals surface area contributed by atoms with Crippen LogP contribution >= 0.6 is 0 Å². The molecule has 0 saturated carbocycles. The van der Waals surface area contributed by atoms with E-state index in [1.807, 2.05) is 33.9 Å². The van der Waals surface area contributed by atoms with E-state index < -0.39 is 0 Å². The number of allylic oxidation sites excluding steroid dienone is 2. The number of rotatable bonds is 12. The Balaban J connectivity index is 0. The molecule has 0 amide bonds. The van der Waals surface area contributed by atoms with Crippen LogP contribution in [0.1, 0.15) is 108 Å². The fraction of sp³-hybridized carbons (Fsp3) is 0.425. The molecule has 0 radical (unpaired) electrons. The zero-order valence-electron chi connectivity index (χ0n) is 30.1. The van der Waals surface area contributed by atoms with E-state index in [0.717, 1.165) is 53.9 Å². The van der Waals surface area contributed by atoms with Crippen LogP contribution in [0.25, 0.3) is 21.8 Å². The van der Waals surface area contributed by atoms with Gasteiger partial charge in [0.1, 0.15) is 5.52 Å². The summed E-state index contributed by atoms with van der Waals surface area (Å²) in [4.78, 5) is 9.41. The number of nitrogens with two attached hydrogens (primary N) is 1. The van der Waals surface area contributed by atoms with Crippen LogP contribution in [-0.4, -0.2) is 9.97 Å². The maximum atomic E-state index is 6.33. The molecule has 0 fully saturated rings. The van der Waals surface area contributed by atoms with E-state index >= 15 is 0 Å². The molecule has 0 saturated heterocycles. The average molecular weight is 668 g/mol. The molecule has 0 aliphatic heterocycles. The van der Waals surface area contributed by atoms with Crippen LogP contribution in [-0.2, 0) is 25.7 Å². The van der Waals surface area contributed by atoms with Crippen LogP contribution in [0.15, 0.2) is 60.8 Å². The largest absolute Gasteiger partial charge is 1.00 e. The number of hydrogen-bond acceptors (Lipinski definition) is 3. The summed E-state index contributed by atoms with van der Waals surface area (Å²) in [6, 6.07) is 15.9. The first-order valence-electron chi connectivity index (χ1n) is 15.9. The van der Waals surface area contributed by atoms with Crippen molar-refractivity contribution in [1.82, 2.24) is 9.97 Å². The summed E-state index contributed by atoms with van der Waals surface area (Å²) in [6.45, 7) is 16.9. The first-order valence-corrected chi connectivity index (χ1v) is 15.9.